The van der Waals surface area contributed by atoms with Gasteiger partial charge in [0.2, 0.25) is 0 Å². The first-order valence-electron chi connectivity index (χ1n) is 9.16. The number of hydrogen-bond acceptors (Lipinski definition) is 3. The smallest absolute Gasteiger partial charge is 0.315 e. The lowest BCUT2D eigenvalue weighted by Crippen LogP contribution is -2.43. The van der Waals surface area contributed by atoms with E-state index in [0.717, 1.165) is 22.6 Å². The number of carbonyl (C=O) groups excluding carboxylic acids is 1. The highest BCUT2D eigenvalue weighted by Crippen LogP contribution is 2.25. The maximum Gasteiger partial charge on any atom is 0.315 e. The number of fused-ring (bicyclic) bond motifs is 1. The van der Waals surface area contributed by atoms with Gasteiger partial charge in [0.1, 0.15) is 12.4 Å². The fourth-order valence-corrected chi connectivity index (χ4v) is 3.33. The molecule has 28 heavy (non-hydrogen) atoms. The summed E-state index contributed by atoms with van der Waals surface area (Å²) in [4.78, 5) is 16.5. The first-order valence-corrected chi connectivity index (χ1v) is 9.54. The largest absolute Gasteiger partial charge is 0.367 e. The van der Waals surface area contributed by atoms with Gasteiger partial charge in [0.15, 0.2) is 0 Å². The number of hydrogen-bond donors (Lipinski definition) is 2. The van der Waals surface area contributed by atoms with Crippen molar-refractivity contribution in [2.75, 3.05) is 6.54 Å². The molecular formula is C21H21ClN4O2. The van der Waals surface area contributed by atoms with E-state index < -0.39 is 0 Å². The van der Waals surface area contributed by atoms with Crippen LogP contribution in [0.2, 0.25) is 5.02 Å². The summed E-state index contributed by atoms with van der Waals surface area (Å²) in [5.74, 6) is 0.884. The molecule has 1 aliphatic heterocycles. The van der Waals surface area contributed by atoms with Crippen LogP contribution in [0.1, 0.15) is 11.4 Å². The van der Waals surface area contributed by atoms with Crippen LogP contribution in [0.15, 0.2) is 60.8 Å². The molecule has 2 amide bonds. The van der Waals surface area contributed by atoms with E-state index in [9.17, 15) is 4.79 Å². The number of ether oxygens (including phenoxy) is 1. The Bertz CT molecular complexity index is 941. The molecule has 3 aromatic rings. The Morgan fingerprint density at radius 1 is 1.14 bits per heavy atom. The number of imidazole rings is 1. The van der Waals surface area contributed by atoms with Crippen LogP contribution in [0.25, 0.3) is 11.3 Å². The Morgan fingerprint density at radius 3 is 2.71 bits per heavy atom. The van der Waals surface area contributed by atoms with Crippen molar-refractivity contribution in [3.05, 3.63) is 77.2 Å². The van der Waals surface area contributed by atoms with E-state index in [4.69, 9.17) is 16.3 Å². The predicted octanol–water partition coefficient (Wildman–Crippen LogP) is 3.60. The third kappa shape index (κ3) is 4.35. The minimum atomic E-state index is -0.207. The Labute approximate surface area is 168 Å². The number of nitrogens with one attached hydrogen (secondary N) is 2. The lowest BCUT2D eigenvalue weighted by atomic mass is 10.1. The average Bonchev–Trinajstić information content (AvgIpc) is 3.15. The van der Waals surface area contributed by atoms with E-state index in [0.29, 0.717) is 31.3 Å². The summed E-state index contributed by atoms with van der Waals surface area (Å²) in [6.45, 7) is 1.97. The van der Waals surface area contributed by atoms with Gasteiger partial charge in [-0.2, -0.15) is 0 Å². The summed E-state index contributed by atoms with van der Waals surface area (Å²) < 4.78 is 7.98. The van der Waals surface area contributed by atoms with E-state index in [2.05, 4.69) is 20.2 Å². The summed E-state index contributed by atoms with van der Waals surface area (Å²) in [5, 5.41) is 6.45. The van der Waals surface area contributed by atoms with Crippen LogP contribution in [-0.4, -0.2) is 28.2 Å². The number of rotatable bonds is 5. The van der Waals surface area contributed by atoms with Crippen LogP contribution in [0.3, 0.4) is 0 Å². The molecular weight excluding hydrogens is 376 g/mol. The number of amides is 2. The molecule has 6 nitrogen and oxygen atoms in total. The molecule has 0 radical (unpaired) electrons. The van der Waals surface area contributed by atoms with Crippen molar-refractivity contribution in [1.82, 2.24) is 20.2 Å². The fourth-order valence-electron chi connectivity index (χ4n) is 3.20. The fraction of sp³-hybridized carbons (Fsp3) is 0.238. The van der Waals surface area contributed by atoms with Gasteiger partial charge in [0.05, 0.1) is 24.5 Å². The van der Waals surface area contributed by atoms with Gasteiger partial charge in [-0.25, -0.2) is 9.78 Å². The molecule has 7 heteroatoms. The van der Waals surface area contributed by atoms with Gasteiger partial charge in [0.25, 0.3) is 0 Å². The molecule has 1 atom stereocenters. The topological polar surface area (TPSA) is 68.2 Å². The number of urea groups is 1. The Hall–Kier alpha value is -2.83. The zero-order valence-corrected chi connectivity index (χ0v) is 16.0. The number of benzene rings is 2. The van der Waals surface area contributed by atoms with Crippen LogP contribution >= 0.6 is 11.6 Å². The standard InChI is InChI=1S/C21H21ClN4O2/c22-17-8-6-16(7-9-17)19-12-23-20-14-28-18(13-26(19)20)11-25-21(27)24-10-15-4-2-1-3-5-15/h1-9,12,18H,10-11,13-14H2,(H2,24,25,27)/t18-/m0/s1. The van der Waals surface area contributed by atoms with E-state index in [1.54, 1.807) is 0 Å². The lowest BCUT2D eigenvalue weighted by Gasteiger charge is -2.26. The zero-order valence-electron chi connectivity index (χ0n) is 15.3. The van der Waals surface area contributed by atoms with E-state index in [1.807, 2.05) is 60.8 Å². The zero-order chi connectivity index (χ0) is 19.3. The summed E-state index contributed by atoms with van der Waals surface area (Å²) in [7, 11) is 0. The first-order chi connectivity index (χ1) is 13.7. The quantitative estimate of drug-likeness (QED) is 0.692. The van der Waals surface area contributed by atoms with Crippen molar-refractivity contribution in [2.24, 2.45) is 0 Å². The second kappa shape index (κ2) is 8.46. The van der Waals surface area contributed by atoms with Crippen LogP contribution in [0, 0.1) is 0 Å². The first kappa shape index (κ1) is 18.5. The molecule has 0 bridgehead atoms. The summed E-state index contributed by atoms with van der Waals surface area (Å²) in [6, 6.07) is 17.3. The molecule has 144 valence electrons. The minimum absolute atomic E-state index is 0.116. The number of carbonyl (C=O) groups is 1. The molecule has 4 rings (SSSR count). The summed E-state index contributed by atoms with van der Waals surface area (Å²) in [5.41, 5.74) is 3.13. The van der Waals surface area contributed by atoms with Crippen LogP contribution in [0.4, 0.5) is 4.79 Å². The Balaban J connectivity index is 1.33. The van der Waals surface area contributed by atoms with Gasteiger partial charge in [-0.3, -0.25) is 0 Å². The molecule has 0 spiro atoms. The third-order valence-corrected chi connectivity index (χ3v) is 4.95. The van der Waals surface area contributed by atoms with Gasteiger partial charge >= 0.3 is 6.03 Å². The van der Waals surface area contributed by atoms with Gasteiger partial charge in [0, 0.05) is 18.1 Å². The Morgan fingerprint density at radius 2 is 1.93 bits per heavy atom. The van der Waals surface area contributed by atoms with Crippen molar-refractivity contribution < 1.29 is 9.53 Å². The van der Waals surface area contributed by atoms with Crippen LogP contribution < -0.4 is 10.6 Å². The molecule has 1 aliphatic rings. The normalized spacial score (nSPS) is 15.7. The van der Waals surface area contributed by atoms with Gasteiger partial charge in [-0.15, -0.1) is 0 Å². The van der Waals surface area contributed by atoms with Gasteiger partial charge in [-0.1, -0.05) is 54.1 Å². The molecule has 2 heterocycles. The van der Waals surface area contributed by atoms with Crippen LogP contribution in [0.5, 0.6) is 0 Å². The third-order valence-electron chi connectivity index (χ3n) is 4.70. The molecule has 1 aromatic heterocycles. The number of aromatic nitrogens is 2. The summed E-state index contributed by atoms with van der Waals surface area (Å²) in [6.07, 6.45) is 1.74. The van der Waals surface area contributed by atoms with Crippen LogP contribution in [-0.2, 0) is 24.4 Å². The van der Waals surface area contributed by atoms with E-state index in [1.165, 1.54) is 0 Å². The maximum atomic E-state index is 12.1. The number of nitrogens with zero attached hydrogens (tertiary/aromatic N) is 2. The summed E-state index contributed by atoms with van der Waals surface area (Å²) >= 11 is 5.99. The molecule has 0 fully saturated rings. The maximum absolute atomic E-state index is 12.1. The predicted molar refractivity (Wildman–Crippen MR) is 108 cm³/mol. The van der Waals surface area contributed by atoms with Crippen molar-refractivity contribution in [3.8, 4) is 11.3 Å². The molecule has 2 N–H and O–H groups in total. The average molecular weight is 397 g/mol. The minimum Gasteiger partial charge on any atom is -0.367 e. The van der Waals surface area contributed by atoms with Crippen molar-refractivity contribution in [3.63, 3.8) is 0 Å². The molecule has 0 saturated heterocycles. The highest BCUT2D eigenvalue weighted by molar-refractivity contribution is 6.30. The molecule has 2 aromatic carbocycles. The van der Waals surface area contributed by atoms with E-state index in [-0.39, 0.29) is 12.1 Å². The van der Waals surface area contributed by atoms with Crippen molar-refractivity contribution in [2.45, 2.75) is 25.8 Å². The highest BCUT2D eigenvalue weighted by atomic mass is 35.5. The SMILES string of the molecule is O=C(NCc1ccccc1)NC[C@H]1Cn2c(-c3ccc(Cl)cc3)cnc2CO1. The molecule has 0 aliphatic carbocycles. The van der Waals surface area contributed by atoms with Crippen molar-refractivity contribution >= 4 is 17.6 Å². The molecule has 0 unspecified atom stereocenters. The highest BCUT2D eigenvalue weighted by Gasteiger charge is 2.23. The van der Waals surface area contributed by atoms with Gasteiger partial charge in [-0.05, 0) is 23.3 Å². The van der Waals surface area contributed by atoms with Gasteiger partial charge < -0.3 is 19.9 Å². The lowest BCUT2D eigenvalue weighted by molar-refractivity contribution is 0.00492. The molecule has 0 saturated carbocycles. The second-order valence-electron chi connectivity index (χ2n) is 6.66. The van der Waals surface area contributed by atoms with Crippen molar-refractivity contribution in [1.29, 1.82) is 0 Å². The Kier molecular flexibility index (Phi) is 5.60. The second-order valence-corrected chi connectivity index (χ2v) is 7.10. The monoisotopic (exact) mass is 396 g/mol. The number of halogens is 1. The van der Waals surface area contributed by atoms with E-state index >= 15 is 0 Å².